The summed E-state index contributed by atoms with van der Waals surface area (Å²) in [5.41, 5.74) is 0.0318. The Morgan fingerprint density at radius 3 is 2.65 bits per heavy atom. The van der Waals surface area contributed by atoms with Crippen molar-refractivity contribution in [1.29, 1.82) is 0 Å². The first-order valence-electron chi connectivity index (χ1n) is 6.56. The van der Waals surface area contributed by atoms with Crippen LogP contribution in [0, 0.1) is 0 Å². The molecule has 1 aliphatic carbocycles. The quantitative estimate of drug-likeness (QED) is 0.864. The number of benzene rings is 1. The van der Waals surface area contributed by atoms with Crippen LogP contribution in [-0.2, 0) is 11.3 Å². The third-order valence-corrected chi connectivity index (χ3v) is 3.68. The van der Waals surface area contributed by atoms with E-state index in [4.69, 9.17) is 4.42 Å². The number of aliphatic carboxylic acids is 1. The summed E-state index contributed by atoms with van der Waals surface area (Å²) in [6.07, 6.45) is 2.21. The van der Waals surface area contributed by atoms with Crippen LogP contribution in [0.1, 0.15) is 25.2 Å². The molecule has 1 heterocycles. The summed E-state index contributed by atoms with van der Waals surface area (Å²) < 4.78 is 5.54. The van der Waals surface area contributed by atoms with Gasteiger partial charge in [0.2, 0.25) is 11.8 Å². The van der Waals surface area contributed by atoms with E-state index in [9.17, 15) is 9.90 Å². The SMILES string of the molecule is O=C(O)C1(NCc2nnc(-c3ccccc3)o2)CCC1. The minimum absolute atomic E-state index is 0.270. The molecule has 1 fully saturated rings. The zero-order valence-corrected chi connectivity index (χ0v) is 10.9. The highest BCUT2D eigenvalue weighted by Gasteiger charge is 2.44. The van der Waals surface area contributed by atoms with Gasteiger partial charge in [-0.3, -0.25) is 10.1 Å². The minimum Gasteiger partial charge on any atom is -0.480 e. The normalized spacial score (nSPS) is 16.6. The number of hydrogen-bond donors (Lipinski definition) is 2. The second-order valence-corrected chi connectivity index (χ2v) is 4.96. The summed E-state index contributed by atoms with van der Waals surface area (Å²) in [6, 6.07) is 9.47. The molecule has 6 nitrogen and oxygen atoms in total. The highest BCUT2D eigenvalue weighted by Crippen LogP contribution is 2.32. The van der Waals surface area contributed by atoms with Crippen molar-refractivity contribution in [2.24, 2.45) is 0 Å². The summed E-state index contributed by atoms with van der Waals surface area (Å²) >= 11 is 0. The van der Waals surface area contributed by atoms with E-state index in [2.05, 4.69) is 15.5 Å². The van der Waals surface area contributed by atoms with Gasteiger partial charge in [0.05, 0.1) is 6.54 Å². The van der Waals surface area contributed by atoms with Gasteiger partial charge in [-0.25, -0.2) is 0 Å². The summed E-state index contributed by atoms with van der Waals surface area (Å²) in [5, 5.41) is 20.1. The van der Waals surface area contributed by atoms with Gasteiger partial charge in [0.15, 0.2) is 0 Å². The van der Waals surface area contributed by atoms with Crippen LogP contribution < -0.4 is 5.32 Å². The number of hydrogen-bond acceptors (Lipinski definition) is 5. The molecular weight excluding hydrogens is 258 g/mol. The largest absolute Gasteiger partial charge is 0.480 e. The lowest BCUT2D eigenvalue weighted by Crippen LogP contribution is -2.56. The Bertz CT molecular complexity index is 605. The van der Waals surface area contributed by atoms with Crippen molar-refractivity contribution in [3.05, 3.63) is 36.2 Å². The zero-order valence-electron chi connectivity index (χ0n) is 10.9. The number of carboxylic acids is 1. The maximum Gasteiger partial charge on any atom is 0.323 e. The minimum atomic E-state index is -0.818. The zero-order chi connectivity index (χ0) is 14.0. The standard InChI is InChI=1S/C14H15N3O3/c18-13(19)14(7-4-8-14)15-9-11-16-17-12(20-11)10-5-2-1-3-6-10/h1-3,5-6,15H,4,7-9H2,(H,18,19). The van der Waals surface area contributed by atoms with Crippen LogP contribution in [0.5, 0.6) is 0 Å². The van der Waals surface area contributed by atoms with Crippen LogP contribution >= 0.6 is 0 Å². The van der Waals surface area contributed by atoms with Gasteiger partial charge in [0, 0.05) is 5.56 Å². The first kappa shape index (κ1) is 12.8. The lowest BCUT2D eigenvalue weighted by Gasteiger charge is -2.38. The van der Waals surface area contributed by atoms with E-state index in [1.807, 2.05) is 30.3 Å². The molecule has 2 N–H and O–H groups in total. The van der Waals surface area contributed by atoms with Crippen LogP contribution in [0.2, 0.25) is 0 Å². The summed E-state index contributed by atoms with van der Waals surface area (Å²) in [4.78, 5) is 11.2. The molecule has 0 bridgehead atoms. The molecule has 1 aliphatic rings. The Balaban J connectivity index is 1.68. The fourth-order valence-corrected chi connectivity index (χ4v) is 2.26. The van der Waals surface area contributed by atoms with E-state index in [1.165, 1.54) is 0 Å². The molecule has 20 heavy (non-hydrogen) atoms. The van der Waals surface area contributed by atoms with E-state index in [1.54, 1.807) is 0 Å². The average molecular weight is 273 g/mol. The van der Waals surface area contributed by atoms with E-state index >= 15 is 0 Å². The number of nitrogens with one attached hydrogen (secondary N) is 1. The monoisotopic (exact) mass is 273 g/mol. The Labute approximate surface area is 115 Å². The molecule has 3 rings (SSSR count). The topological polar surface area (TPSA) is 88.2 Å². The Kier molecular flexibility index (Phi) is 3.23. The fourth-order valence-electron chi connectivity index (χ4n) is 2.26. The molecule has 1 aromatic carbocycles. The second kappa shape index (κ2) is 5.05. The molecule has 0 unspecified atom stereocenters. The molecular formula is C14H15N3O3. The molecule has 0 saturated heterocycles. The fraction of sp³-hybridized carbons (Fsp3) is 0.357. The van der Waals surface area contributed by atoms with Crippen LogP contribution in [0.4, 0.5) is 0 Å². The van der Waals surface area contributed by atoms with Gasteiger partial charge in [-0.2, -0.15) is 0 Å². The van der Waals surface area contributed by atoms with Gasteiger partial charge in [-0.05, 0) is 31.4 Å². The maximum atomic E-state index is 11.2. The number of aromatic nitrogens is 2. The lowest BCUT2D eigenvalue weighted by molar-refractivity contribution is -0.149. The Morgan fingerprint density at radius 1 is 1.30 bits per heavy atom. The van der Waals surface area contributed by atoms with Crippen LogP contribution in [-0.4, -0.2) is 26.8 Å². The summed E-state index contributed by atoms with van der Waals surface area (Å²) in [7, 11) is 0. The van der Waals surface area contributed by atoms with Gasteiger partial charge >= 0.3 is 5.97 Å². The Morgan fingerprint density at radius 2 is 2.05 bits per heavy atom. The number of nitrogens with zero attached hydrogens (tertiary/aromatic N) is 2. The van der Waals surface area contributed by atoms with Gasteiger partial charge in [-0.1, -0.05) is 18.2 Å². The van der Waals surface area contributed by atoms with Gasteiger partial charge in [0.1, 0.15) is 5.54 Å². The van der Waals surface area contributed by atoms with Crippen molar-refractivity contribution in [2.75, 3.05) is 0 Å². The van der Waals surface area contributed by atoms with Gasteiger partial charge < -0.3 is 9.52 Å². The molecule has 0 amide bonds. The lowest BCUT2D eigenvalue weighted by atomic mass is 9.77. The average Bonchev–Trinajstić information content (AvgIpc) is 2.87. The number of rotatable bonds is 5. The Hall–Kier alpha value is -2.21. The third kappa shape index (κ3) is 2.30. The van der Waals surface area contributed by atoms with Gasteiger partial charge in [-0.15, -0.1) is 10.2 Å². The van der Waals surface area contributed by atoms with E-state index in [0.29, 0.717) is 24.6 Å². The molecule has 2 aromatic rings. The molecule has 1 aromatic heterocycles. The first-order valence-corrected chi connectivity index (χ1v) is 6.56. The molecule has 0 spiro atoms. The summed E-state index contributed by atoms with van der Waals surface area (Å²) in [6.45, 7) is 0.270. The van der Waals surface area contributed by atoms with E-state index < -0.39 is 11.5 Å². The smallest absolute Gasteiger partial charge is 0.323 e. The number of carbonyl (C=O) groups is 1. The second-order valence-electron chi connectivity index (χ2n) is 4.96. The molecule has 0 aliphatic heterocycles. The van der Waals surface area contributed by atoms with Crippen molar-refractivity contribution in [3.63, 3.8) is 0 Å². The molecule has 104 valence electrons. The maximum absolute atomic E-state index is 11.2. The van der Waals surface area contributed by atoms with Crippen molar-refractivity contribution >= 4 is 5.97 Å². The molecule has 6 heteroatoms. The number of carboxylic acid groups (broad SMARTS) is 1. The first-order chi connectivity index (χ1) is 9.70. The van der Waals surface area contributed by atoms with Crippen molar-refractivity contribution in [1.82, 2.24) is 15.5 Å². The predicted octanol–water partition coefficient (Wildman–Crippen LogP) is 1.83. The predicted molar refractivity (Wildman–Crippen MR) is 70.8 cm³/mol. The summed E-state index contributed by atoms with van der Waals surface area (Å²) in [5.74, 6) is 0.0308. The molecule has 1 saturated carbocycles. The van der Waals surface area contributed by atoms with Crippen molar-refractivity contribution in [3.8, 4) is 11.5 Å². The van der Waals surface area contributed by atoms with Gasteiger partial charge in [0.25, 0.3) is 0 Å². The molecule has 0 radical (unpaired) electrons. The van der Waals surface area contributed by atoms with Crippen molar-refractivity contribution < 1.29 is 14.3 Å². The highest BCUT2D eigenvalue weighted by molar-refractivity contribution is 5.79. The van der Waals surface area contributed by atoms with Crippen LogP contribution in [0.3, 0.4) is 0 Å². The van der Waals surface area contributed by atoms with Crippen molar-refractivity contribution in [2.45, 2.75) is 31.3 Å². The third-order valence-electron chi connectivity index (χ3n) is 3.68. The van der Waals surface area contributed by atoms with Crippen LogP contribution in [0.15, 0.2) is 34.7 Å². The van der Waals surface area contributed by atoms with E-state index in [-0.39, 0.29) is 6.54 Å². The van der Waals surface area contributed by atoms with Crippen LogP contribution in [0.25, 0.3) is 11.5 Å². The van der Waals surface area contributed by atoms with E-state index in [0.717, 1.165) is 12.0 Å². The molecule has 0 atom stereocenters. The highest BCUT2D eigenvalue weighted by atomic mass is 16.4.